The van der Waals surface area contributed by atoms with Crippen LogP contribution in [0.4, 0.5) is 5.69 Å². The number of methoxy groups -OCH3 is 1. The van der Waals surface area contributed by atoms with Gasteiger partial charge in [0.2, 0.25) is 0 Å². The van der Waals surface area contributed by atoms with E-state index in [1.54, 1.807) is 19.9 Å². The molecule has 210 valence electrons. The average Bonchev–Trinajstić information content (AvgIpc) is 2.93. The van der Waals surface area contributed by atoms with Gasteiger partial charge in [-0.1, -0.05) is 12.1 Å². The molecule has 0 bridgehead atoms. The molecule has 2 aliphatic heterocycles. The summed E-state index contributed by atoms with van der Waals surface area (Å²) in [5.74, 6) is -1.45. The number of aromatic nitrogens is 1. The number of hydrogen-bond donors (Lipinski definition) is 0. The minimum Gasteiger partial charge on any atom is -0.465 e. The lowest BCUT2D eigenvalue weighted by Crippen LogP contribution is -2.48. The molecule has 12 nitrogen and oxygen atoms in total. The Morgan fingerprint density at radius 3 is 1.97 bits per heavy atom. The molecule has 3 heterocycles. The number of nitrogens with zero attached hydrogens (tertiary/aromatic N) is 4. The summed E-state index contributed by atoms with van der Waals surface area (Å²) in [6.45, 7) is 9.50. The molecule has 0 atom stereocenters. The Hall–Kier alpha value is -3.45. The van der Waals surface area contributed by atoms with Gasteiger partial charge >= 0.3 is 11.9 Å². The molecule has 2 aliphatic rings. The molecule has 1 aromatic carbocycles. The molecule has 0 amide bonds. The standard InChI is InChI=1S/C27H34N4O8/c1-18-23(26(32)36-3)25(21-6-4-5-7-22(21)31(34)35)24(19(2)28-18)27(33)39-20(16-29-8-12-37-13-9-29)17-30-10-14-38-15-11-30/h4-7,20H,8-17H2,1-3H3. The molecule has 4 rings (SSSR count). The number of nitro groups is 1. The topological polar surface area (TPSA) is 134 Å². The summed E-state index contributed by atoms with van der Waals surface area (Å²) in [4.78, 5) is 47.1. The molecular formula is C27H34N4O8. The highest BCUT2D eigenvalue weighted by atomic mass is 16.6. The molecule has 0 spiro atoms. The summed E-state index contributed by atoms with van der Waals surface area (Å²) in [7, 11) is 1.21. The number of benzene rings is 1. The maximum absolute atomic E-state index is 13.9. The summed E-state index contributed by atoms with van der Waals surface area (Å²) < 4.78 is 22.1. The summed E-state index contributed by atoms with van der Waals surface area (Å²) in [6.07, 6.45) is -0.505. The van der Waals surface area contributed by atoms with Gasteiger partial charge in [-0.3, -0.25) is 24.9 Å². The van der Waals surface area contributed by atoms with Crippen molar-refractivity contribution in [2.45, 2.75) is 20.0 Å². The molecule has 1 aromatic heterocycles. The van der Waals surface area contributed by atoms with Crippen molar-refractivity contribution in [2.24, 2.45) is 0 Å². The minimum atomic E-state index is -0.750. The Labute approximate surface area is 226 Å². The van der Waals surface area contributed by atoms with Crippen LogP contribution in [0, 0.1) is 24.0 Å². The van der Waals surface area contributed by atoms with Crippen LogP contribution < -0.4 is 0 Å². The van der Waals surface area contributed by atoms with E-state index in [-0.39, 0.29) is 27.9 Å². The van der Waals surface area contributed by atoms with Crippen molar-refractivity contribution >= 4 is 17.6 Å². The summed E-state index contributed by atoms with van der Waals surface area (Å²) in [5.41, 5.74) is 0.533. The van der Waals surface area contributed by atoms with Gasteiger partial charge in [-0.05, 0) is 19.9 Å². The van der Waals surface area contributed by atoms with Gasteiger partial charge in [0.05, 0.1) is 66.5 Å². The Balaban J connectivity index is 1.77. The van der Waals surface area contributed by atoms with Crippen LogP contribution >= 0.6 is 0 Å². The number of pyridine rings is 1. The fraction of sp³-hybridized carbons (Fsp3) is 0.519. The highest BCUT2D eigenvalue weighted by Crippen LogP contribution is 2.37. The maximum atomic E-state index is 13.9. The highest BCUT2D eigenvalue weighted by Gasteiger charge is 2.33. The molecule has 2 fully saturated rings. The van der Waals surface area contributed by atoms with Gasteiger partial charge in [-0.15, -0.1) is 0 Å². The molecule has 2 aromatic rings. The monoisotopic (exact) mass is 542 g/mol. The number of esters is 2. The van der Waals surface area contributed by atoms with Crippen molar-refractivity contribution in [3.8, 4) is 11.1 Å². The van der Waals surface area contributed by atoms with Crippen molar-refractivity contribution in [1.29, 1.82) is 0 Å². The second-order valence-electron chi connectivity index (χ2n) is 9.53. The third-order valence-corrected chi connectivity index (χ3v) is 6.93. The highest BCUT2D eigenvalue weighted by molar-refractivity contribution is 6.08. The van der Waals surface area contributed by atoms with Gasteiger partial charge in [0.1, 0.15) is 6.10 Å². The fourth-order valence-corrected chi connectivity index (χ4v) is 5.05. The largest absolute Gasteiger partial charge is 0.465 e. The number of ether oxygens (including phenoxy) is 4. The second-order valence-corrected chi connectivity index (χ2v) is 9.53. The lowest BCUT2D eigenvalue weighted by atomic mass is 9.91. The zero-order valence-corrected chi connectivity index (χ0v) is 22.5. The van der Waals surface area contributed by atoms with E-state index in [9.17, 15) is 19.7 Å². The molecule has 0 aliphatic carbocycles. The normalized spacial score (nSPS) is 16.7. The first-order valence-electron chi connectivity index (χ1n) is 12.9. The van der Waals surface area contributed by atoms with Crippen molar-refractivity contribution in [3.63, 3.8) is 0 Å². The van der Waals surface area contributed by atoms with Gasteiger partial charge in [-0.2, -0.15) is 0 Å². The SMILES string of the molecule is COC(=O)c1c(C)nc(C)c(C(=O)OC(CN2CCOCC2)CN2CCOCC2)c1-c1ccccc1[N+](=O)[O-]. The van der Waals surface area contributed by atoms with E-state index in [4.69, 9.17) is 18.9 Å². The molecule has 39 heavy (non-hydrogen) atoms. The Morgan fingerprint density at radius 2 is 1.46 bits per heavy atom. The molecule has 0 unspecified atom stereocenters. The maximum Gasteiger partial charge on any atom is 0.341 e. The number of para-hydroxylation sites is 1. The summed E-state index contributed by atoms with van der Waals surface area (Å²) >= 11 is 0. The zero-order chi connectivity index (χ0) is 27.9. The molecule has 12 heteroatoms. The number of hydrogen-bond acceptors (Lipinski definition) is 11. The van der Waals surface area contributed by atoms with Crippen molar-refractivity contribution in [2.75, 3.05) is 72.8 Å². The number of aryl methyl sites for hydroxylation is 2. The predicted octanol–water partition coefficient (Wildman–Crippen LogP) is 2.25. The van der Waals surface area contributed by atoms with Crippen molar-refractivity contribution < 1.29 is 33.5 Å². The first-order chi connectivity index (χ1) is 18.8. The summed E-state index contributed by atoms with van der Waals surface area (Å²) in [6, 6.07) is 5.98. The Bertz CT molecular complexity index is 1190. The number of morpholine rings is 2. The fourth-order valence-electron chi connectivity index (χ4n) is 5.05. The third-order valence-electron chi connectivity index (χ3n) is 6.93. The minimum absolute atomic E-state index is 0.00394. The third kappa shape index (κ3) is 6.77. The van der Waals surface area contributed by atoms with E-state index in [2.05, 4.69) is 14.8 Å². The number of carbonyl (C=O) groups is 2. The molecule has 0 saturated carbocycles. The van der Waals surface area contributed by atoms with Crippen molar-refractivity contribution in [3.05, 3.63) is 56.9 Å². The van der Waals surface area contributed by atoms with Crippen LogP contribution in [0.25, 0.3) is 11.1 Å². The van der Waals surface area contributed by atoms with Gasteiger partial charge < -0.3 is 18.9 Å². The van der Waals surface area contributed by atoms with Crippen LogP contribution in [-0.2, 0) is 18.9 Å². The number of carbonyl (C=O) groups excluding carboxylic acids is 2. The molecule has 2 saturated heterocycles. The van der Waals surface area contributed by atoms with E-state index in [0.29, 0.717) is 50.9 Å². The molecule has 0 radical (unpaired) electrons. The lowest BCUT2D eigenvalue weighted by Gasteiger charge is -2.34. The number of rotatable bonds is 9. The number of nitro benzene ring substituents is 1. The summed E-state index contributed by atoms with van der Waals surface area (Å²) in [5, 5.41) is 11.9. The van der Waals surface area contributed by atoms with Crippen LogP contribution in [0.5, 0.6) is 0 Å². The van der Waals surface area contributed by atoms with E-state index in [1.807, 2.05) is 0 Å². The van der Waals surface area contributed by atoms with E-state index >= 15 is 0 Å². The van der Waals surface area contributed by atoms with Gasteiger partial charge in [0.25, 0.3) is 5.69 Å². The quantitative estimate of drug-likeness (QED) is 0.262. The zero-order valence-electron chi connectivity index (χ0n) is 22.5. The first kappa shape index (κ1) is 28.6. The first-order valence-corrected chi connectivity index (χ1v) is 12.9. The van der Waals surface area contributed by atoms with Crippen LogP contribution in [0.3, 0.4) is 0 Å². The van der Waals surface area contributed by atoms with Gasteiger partial charge in [0, 0.05) is 50.9 Å². The van der Waals surface area contributed by atoms with Crippen LogP contribution in [0.1, 0.15) is 32.1 Å². The van der Waals surface area contributed by atoms with Gasteiger partial charge in [-0.25, -0.2) is 9.59 Å². The van der Waals surface area contributed by atoms with Crippen LogP contribution in [0.2, 0.25) is 0 Å². The smallest absolute Gasteiger partial charge is 0.341 e. The van der Waals surface area contributed by atoms with E-state index < -0.39 is 23.0 Å². The second kappa shape index (κ2) is 13.1. The predicted molar refractivity (Wildman–Crippen MR) is 141 cm³/mol. The average molecular weight is 543 g/mol. The molecule has 0 N–H and O–H groups in total. The Kier molecular flexibility index (Phi) is 9.57. The lowest BCUT2D eigenvalue weighted by molar-refractivity contribution is -0.384. The van der Waals surface area contributed by atoms with Crippen molar-refractivity contribution in [1.82, 2.24) is 14.8 Å². The van der Waals surface area contributed by atoms with E-state index in [1.165, 1.54) is 25.3 Å². The van der Waals surface area contributed by atoms with E-state index in [0.717, 1.165) is 26.2 Å². The van der Waals surface area contributed by atoms with Gasteiger partial charge in [0.15, 0.2) is 0 Å². The van der Waals surface area contributed by atoms with Crippen LogP contribution in [0.15, 0.2) is 24.3 Å². The van der Waals surface area contributed by atoms with Crippen LogP contribution in [-0.4, -0.2) is 111 Å². The Morgan fingerprint density at radius 1 is 0.949 bits per heavy atom. The molecular weight excluding hydrogens is 508 g/mol.